The highest BCUT2D eigenvalue weighted by Crippen LogP contribution is 2.35. The maximum Gasteiger partial charge on any atom is 0.148 e. The summed E-state index contributed by atoms with van der Waals surface area (Å²) in [4.78, 5) is 2.59. The van der Waals surface area contributed by atoms with Gasteiger partial charge in [-0.1, -0.05) is 30.3 Å². The van der Waals surface area contributed by atoms with Gasteiger partial charge in [-0.15, -0.1) is 24.8 Å². The SMILES string of the molecule is Brc1cc(CNC2CN3CCC2CC3)cc(Br)c1OCc1ccccc1.Cl.Cl. The van der Waals surface area contributed by atoms with E-state index in [1.807, 2.05) is 18.2 Å². The summed E-state index contributed by atoms with van der Waals surface area (Å²) in [5.41, 5.74) is 2.44. The van der Waals surface area contributed by atoms with E-state index in [0.717, 1.165) is 27.2 Å². The molecule has 2 aromatic rings. The Hall–Kier alpha value is -0.300. The fraction of sp³-hybridized carbons (Fsp3) is 0.429. The summed E-state index contributed by atoms with van der Waals surface area (Å²) in [7, 11) is 0. The van der Waals surface area contributed by atoms with Crippen LogP contribution in [0, 0.1) is 5.92 Å². The molecule has 0 amide bonds. The first-order chi connectivity index (χ1) is 12.7. The van der Waals surface area contributed by atoms with Crippen molar-refractivity contribution in [1.82, 2.24) is 10.2 Å². The molecular formula is C21H26Br2Cl2N2O. The van der Waals surface area contributed by atoms with E-state index < -0.39 is 0 Å². The molecule has 1 unspecified atom stereocenters. The van der Waals surface area contributed by atoms with Crippen LogP contribution >= 0.6 is 56.7 Å². The minimum Gasteiger partial charge on any atom is -0.487 e. The van der Waals surface area contributed by atoms with E-state index >= 15 is 0 Å². The highest BCUT2D eigenvalue weighted by Gasteiger charge is 2.33. The van der Waals surface area contributed by atoms with Crippen LogP contribution in [0.2, 0.25) is 0 Å². The molecule has 5 rings (SSSR count). The molecule has 0 saturated carbocycles. The van der Waals surface area contributed by atoms with Crippen molar-refractivity contribution in [2.24, 2.45) is 5.92 Å². The zero-order valence-corrected chi connectivity index (χ0v) is 20.4. The Bertz CT molecular complexity index is 732. The van der Waals surface area contributed by atoms with Gasteiger partial charge in [0, 0.05) is 19.1 Å². The number of rotatable bonds is 6. The summed E-state index contributed by atoms with van der Waals surface area (Å²) >= 11 is 7.36. The molecule has 2 aromatic carbocycles. The van der Waals surface area contributed by atoms with Gasteiger partial charge in [0.15, 0.2) is 0 Å². The van der Waals surface area contributed by atoms with Gasteiger partial charge in [0.1, 0.15) is 12.4 Å². The summed E-state index contributed by atoms with van der Waals surface area (Å²) in [5.74, 6) is 1.71. The molecule has 3 fully saturated rings. The summed E-state index contributed by atoms with van der Waals surface area (Å²) in [6.45, 7) is 5.23. The third-order valence-electron chi connectivity index (χ3n) is 5.51. The fourth-order valence-corrected chi connectivity index (χ4v) is 5.54. The Kier molecular flexibility index (Phi) is 9.58. The molecular weight excluding hydrogens is 527 g/mol. The molecule has 1 N–H and O–H groups in total. The Balaban J connectivity index is 0.00000140. The zero-order chi connectivity index (χ0) is 17.9. The van der Waals surface area contributed by atoms with Gasteiger partial charge < -0.3 is 15.0 Å². The topological polar surface area (TPSA) is 24.5 Å². The van der Waals surface area contributed by atoms with E-state index in [9.17, 15) is 0 Å². The van der Waals surface area contributed by atoms with Crippen molar-refractivity contribution < 1.29 is 4.74 Å². The van der Waals surface area contributed by atoms with Crippen molar-refractivity contribution in [2.75, 3.05) is 19.6 Å². The van der Waals surface area contributed by atoms with E-state index in [0.29, 0.717) is 12.6 Å². The van der Waals surface area contributed by atoms with Crippen molar-refractivity contribution in [3.05, 3.63) is 62.5 Å². The van der Waals surface area contributed by atoms with Gasteiger partial charge in [0.05, 0.1) is 8.95 Å². The predicted molar refractivity (Wildman–Crippen MR) is 127 cm³/mol. The quantitative estimate of drug-likeness (QED) is 0.489. The third-order valence-corrected chi connectivity index (χ3v) is 6.69. The van der Waals surface area contributed by atoms with Crippen molar-refractivity contribution >= 4 is 56.7 Å². The molecule has 3 nitrogen and oxygen atoms in total. The molecule has 3 aliphatic rings. The Morgan fingerprint density at radius 1 is 0.964 bits per heavy atom. The average Bonchev–Trinajstić information content (AvgIpc) is 2.67. The van der Waals surface area contributed by atoms with Crippen LogP contribution in [0.5, 0.6) is 5.75 Å². The molecule has 0 aromatic heterocycles. The molecule has 1 atom stereocenters. The standard InChI is InChI=1S/C21H24Br2N2O.2ClH/c22-18-10-16(12-24-20-13-25-8-6-17(20)7-9-25)11-19(23)21(18)26-14-15-4-2-1-3-5-15;;/h1-5,10-11,17,20,24H,6-9,12-14H2;2*1H. The Morgan fingerprint density at radius 3 is 2.18 bits per heavy atom. The summed E-state index contributed by atoms with van der Waals surface area (Å²) in [5, 5.41) is 3.78. The Morgan fingerprint density at radius 2 is 1.61 bits per heavy atom. The number of piperidine rings is 3. The number of hydrogen-bond donors (Lipinski definition) is 1. The molecule has 0 radical (unpaired) electrons. The number of fused-ring (bicyclic) bond motifs is 3. The summed E-state index contributed by atoms with van der Waals surface area (Å²) < 4.78 is 8.01. The normalized spacial score (nSPS) is 22.9. The van der Waals surface area contributed by atoms with E-state index in [1.165, 1.54) is 43.6 Å². The largest absolute Gasteiger partial charge is 0.487 e. The molecule has 3 saturated heterocycles. The van der Waals surface area contributed by atoms with E-state index in [2.05, 4.69) is 66.3 Å². The lowest BCUT2D eigenvalue weighted by molar-refractivity contribution is 0.0720. The van der Waals surface area contributed by atoms with Crippen LogP contribution in [0.15, 0.2) is 51.4 Å². The van der Waals surface area contributed by atoms with Crippen molar-refractivity contribution in [1.29, 1.82) is 0 Å². The van der Waals surface area contributed by atoms with Crippen LogP contribution in [0.25, 0.3) is 0 Å². The lowest BCUT2D eigenvalue weighted by Crippen LogP contribution is -2.55. The lowest BCUT2D eigenvalue weighted by atomic mass is 9.84. The average molecular weight is 553 g/mol. The predicted octanol–water partition coefficient (Wildman–Crippen LogP) is 5.82. The van der Waals surface area contributed by atoms with Gasteiger partial charge >= 0.3 is 0 Å². The van der Waals surface area contributed by atoms with Gasteiger partial charge in [-0.3, -0.25) is 0 Å². The molecule has 154 valence electrons. The molecule has 3 heterocycles. The molecule has 0 spiro atoms. The third kappa shape index (κ3) is 5.87. The van der Waals surface area contributed by atoms with Crippen molar-refractivity contribution in [3.8, 4) is 5.75 Å². The number of nitrogens with one attached hydrogen (secondary N) is 1. The minimum atomic E-state index is 0. The van der Waals surface area contributed by atoms with Gasteiger partial charge in [0.2, 0.25) is 0 Å². The highest BCUT2D eigenvalue weighted by molar-refractivity contribution is 9.11. The lowest BCUT2D eigenvalue weighted by Gasteiger charge is -2.45. The first-order valence-corrected chi connectivity index (χ1v) is 10.9. The van der Waals surface area contributed by atoms with E-state index in [-0.39, 0.29) is 24.8 Å². The second-order valence-corrected chi connectivity index (χ2v) is 9.00. The van der Waals surface area contributed by atoms with Crippen LogP contribution in [0.4, 0.5) is 0 Å². The highest BCUT2D eigenvalue weighted by atomic mass is 79.9. The first kappa shape index (κ1) is 24.0. The van der Waals surface area contributed by atoms with Crippen LogP contribution < -0.4 is 10.1 Å². The Labute approximate surface area is 196 Å². The molecule has 28 heavy (non-hydrogen) atoms. The van der Waals surface area contributed by atoms with E-state index in [4.69, 9.17) is 4.74 Å². The number of hydrogen-bond acceptors (Lipinski definition) is 3. The summed E-state index contributed by atoms with van der Waals surface area (Å²) in [6, 6.07) is 15.2. The monoisotopic (exact) mass is 550 g/mol. The second kappa shape index (κ2) is 11.2. The van der Waals surface area contributed by atoms with Crippen LogP contribution in [-0.4, -0.2) is 30.6 Å². The smallest absolute Gasteiger partial charge is 0.148 e. The molecule has 2 bridgehead atoms. The number of benzene rings is 2. The van der Waals surface area contributed by atoms with Crippen LogP contribution in [0.3, 0.4) is 0 Å². The zero-order valence-electron chi connectivity index (χ0n) is 15.6. The van der Waals surface area contributed by atoms with Gasteiger partial charge in [-0.05, 0) is 87.0 Å². The van der Waals surface area contributed by atoms with Crippen LogP contribution in [-0.2, 0) is 13.2 Å². The number of nitrogens with zero attached hydrogens (tertiary/aromatic N) is 1. The van der Waals surface area contributed by atoms with Crippen molar-refractivity contribution in [3.63, 3.8) is 0 Å². The molecule has 7 heteroatoms. The summed E-state index contributed by atoms with van der Waals surface area (Å²) in [6.07, 6.45) is 2.69. The second-order valence-electron chi connectivity index (χ2n) is 7.29. The number of halogens is 4. The maximum absolute atomic E-state index is 6.02. The fourth-order valence-electron chi connectivity index (χ4n) is 4.03. The molecule has 0 aliphatic carbocycles. The van der Waals surface area contributed by atoms with Gasteiger partial charge in [-0.25, -0.2) is 0 Å². The van der Waals surface area contributed by atoms with Gasteiger partial charge in [-0.2, -0.15) is 0 Å². The first-order valence-electron chi connectivity index (χ1n) is 9.29. The van der Waals surface area contributed by atoms with Gasteiger partial charge in [0.25, 0.3) is 0 Å². The number of ether oxygens (including phenoxy) is 1. The van der Waals surface area contributed by atoms with Crippen molar-refractivity contribution in [2.45, 2.75) is 32.0 Å². The van der Waals surface area contributed by atoms with E-state index in [1.54, 1.807) is 0 Å². The maximum atomic E-state index is 6.02. The van der Waals surface area contributed by atoms with Crippen LogP contribution in [0.1, 0.15) is 24.0 Å². The molecule has 3 aliphatic heterocycles. The minimum absolute atomic E-state index is 0.